The summed E-state index contributed by atoms with van der Waals surface area (Å²) in [5, 5.41) is 12.2. The van der Waals surface area contributed by atoms with Gasteiger partial charge in [0, 0.05) is 12.1 Å². The molecule has 29 heavy (non-hydrogen) atoms. The molecule has 6 nitrogen and oxygen atoms in total. The van der Waals surface area contributed by atoms with E-state index in [2.05, 4.69) is 38.8 Å². The molecule has 2 saturated heterocycles. The van der Waals surface area contributed by atoms with Gasteiger partial charge < -0.3 is 24.2 Å². The minimum Gasteiger partial charge on any atom is -0.408 e. The molecule has 3 heterocycles. The maximum Gasteiger partial charge on any atom is 0.274 e. The van der Waals surface area contributed by atoms with Crippen LogP contribution in [0.2, 0.25) is 28.2 Å². The fraction of sp³-hybridized carbons (Fsp3) is 0.750. The molecule has 3 rings (SSSR count). The number of carbonyl (C=O) groups is 1. The third kappa shape index (κ3) is 3.58. The van der Waals surface area contributed by atoms with Crippen molar-refractivity contribution in [3.8, 4) is 0 Å². The van der Waals surface area contributed by atoms with Crippen LogP contribution >= 0.6 is 23.2 Å². The molecule has 5 atom stereocenters. The van der Waals surface area contributed by atoms with Crippen LogP contribution < -0.4 is 0 Å². The average Bonchev–Trinajstić information content (AvgIpc) is 2.96. The highest BCUT2D eigenvalue weighted by atomic mass is 35.5. The Balaban J connectivity index is 1.94. The van der Waals surface area contributed by atoms with Gasteiger partial charge in [0.25, 0.3) is 5.91 Å². The predicted molar refractivity (Wildman–Crippen MR) is 117 cm³/mol. The van der Waals surface area contributed by atoms with Crippen molar-refractivity contribution in [3.63, 3.8) is 0 Å². The number of ether oxygens (including phenoxy) is 1. The number of hydrogen-bond acceptors (Lipinski definition) is 4. The fourth-order valence-corrected chi connectivity index (χ4v) is 5.87. The number of aromatic amines is 1. The zero-order valence-corrected chi connectivity index (χ0v) is 20.9. The Morgan fingerprint density at radius 2 is 1.90 bits per heavy atom. The highest BCUT2D eigenvalue weighted by Gasteiger charge is 2.63. The van der Waals surface area contributed by atoms with Gasteiger partial charge in [-0.25, -0.2) is 0 Å². The van der Waals surface area contributed by atoms with Crippen LogP contribution in [0.4, 0.5) is 0 Å². The molecule has 2 fully saturated rings. The lowest BCUT2D eigenvalue weighted by molar-refractivity contribution is -0.181. The lowest BCUT2D eigenvalue weighted by Crippen LogP contribution is -2.61. The zero-order chi connectivity index (χ0) is 22.1. The number of likely N-dealkylation sites (tertiary alicyclic amines) is 1. The number of rotatable bonds is 3. The van der Waals surface area contributed by atoms with E-state index < -0.39 is 32.3 Å². The summed E-state index contributed by atoms with van der Waals surface area (Å²) in [6.45, 7) is 16.3. The molecule has 9 heteroatoms. The minimum absolute atomic E-state index is 0.0106. The van der Waals surface area contributed by atoms with E-state index in [1.165, 1.54) is 0 Å². The number of halogens is 2. The number of H-pyrrole nitrogens is 1. The van der Waals surface area contributed by atoms with Gasteiger partial charge in [0.2, 0.25) is 0 Å². The van der Waals surface area contributed by atoms with Crippen LogP contribution in [0.1, 0.15) is 57.2 Å². The third-order valence-corrected chi connectivity index (χ3v) is 12.4. The van der Waals surface area contributed by atoms with Crippen molar-refractivity contribution >= 4 is 37.4 Å². The lowest BCUT2D eigenvalue weighted by Gasteiger charge is -2.47. The second-order valence-electron chi connectivity index (χ2n) is 9.93. The van der Waals surface area contributed by atoms with Gasteiger partial charge in [-0.3, -0.25) is 4.79 Å². The normalized spacial score (nSPS) is 32.7. The SMILES string of the molecule is Cc1[nH]c(C(=O)N2[C@@H](C)[C@]3(O)C[C@H]2O[C@H](C)[C@H]3O[Si](C)(C)C(C)(C)C)c(Cl)c1Cl. The number of fused-ring (bicyclic) bond motifs is 2. The van der Waals surface area contributed by atoms with E-state index in [4.69, 9.17) is 32.4 Å². The van der Waals surface area contributed by atoms with Crippen LogP contribution in [0.3, 0.4) is 0 Å². The maximum absolute atomic E-state index is 13.3. The maximum atomic E-state index is 13.3. The van der Waals surface area contributed by atoms with Crippen LogP contribution in [-0.4, -0.2) is 59.3 Å². The largest absolute Gasteiger partial charge is 0.408 e. The molecule has 2 aliphatic rings. The molecule has 0 spiro atoms. The van der Waals surface area contributed by atoms with Gasteiger partial charge in [0.05, 0.1) is 22.2 Å². The quantitative estimate of drug-likeness (QED) is 0.636. The average molecular weight is 463 g/mol. The first kappa shape index (κ1) is 23.1. The van der Waals surface area contributed by atoms with Crippen LogP contribution in [-0.2, 0) is 9.16 Å². The van der Waals surface area contributed by atoms with Gasteiger partial charge in [-0.05, 0) is 38.9 Å². The monoisotopic (exact) mass is 462 g/mol. The zero-order valence-electron chi connectivity index (χ0n) is 18.4. The van der Waals surface area contributed by atoms with E-state index in [1.807, 2.05) is 13.8 Å². The van der Waals surface area contributed by atoms with Gasteiger partial charge in [-0.2, -0.15) is 0 Å². The van der Waals surface area contributed by atoms with Gasteiger partial charge in [0.15, 0.2) is 8.32 Å². The van der Waals surface area contributed by atoms with Gasteiger partial charge >= 0.3 is 0 Å². The fourth-order valence-electron chi connectivity index (χ4n) is 4.08. The minimum atomic E-state index is -2.16. The number of aromatic nitrogens is 1. The molecule has 164 valence electrons. The number of aryl methyl sites for hydroxylation is 1. The highest BCUT2D eigenvalue weighted by molar-refractivity contribution is 6.74. The Morgan fingerprint density at radius 3 is 2.38 bits per heavy atom. The first-order chi connectivity index (χ1) is 13.1. The number of amides is 1. The summed E-state index contributed by atoms with van der Waals surface area (Å²) in [5.74, 6) is -0.335. The van der Waals surface area contributed by atoms with Crippen LogP contribution in [0, 0.1) is 6.92 Å². The van der Waals surface area contributed by atoms with Crippen molar-refractivity contribution in [1.82, 2.24) is 9.88 Å². The molecule has 0 saturated carbocycles. The van der Waals surface area contributed by atoms with Crippen molar-refractivity contribution in [3.05, 3.63) is 21.4 Å². The second-order valence-corrected chi connectivity index (χ2v) is 15.4. The second kappa shape index (κ2) is 7.24. The Kier molecular flexibility index (Phi) is 5.77. The van der Waals surface area contributed by atoms with Gasteiger partial charge in [0.1, 0.15) is 23.6 Å². The number of nitrogens with zero attached hydrogens (tertiary/aromatic N) is 1. The summed E-state index contributed by atoms with van der Waals surface area (Å²) >= 11 is 12.4. The van der Waals surface area contributed by atoms with Crippen molar-refractivity contribution in [2.75, 3.05) is 0 Å². The molecule has 2 aliphatic heterocycles. The molecular formula is C20H32Cl2N2O4Si. The molecule has 1 aromatic rings. The smallest absolute Gasteiger partial charge is 0.274 e. The van der Waals surface area contributed by atoms with E-state index in [9.17, 15) is 9.90 Å². The standard InChI is InChI=1S/C20H32Cl2N2O4Si/c1-10-14(21)15(22)16(23-10)18(25)24-12(3)20(26)9-13(24)27-11(2)17(20)28-29(7,8)19(4,5)6/h11-13,17,23,26H,9H2,1-8H3/t11-,12+,13-,17-,20-/m1/s1. The number of nitrogens with one attached hydrogen (secondary N) is 1. The topological polar surface area (TPSA) is 74.8 Å². The molecule has 0 radical (unpaired) electrons. The predicted octanol–water partition coefficient (Wildman–Crippen LogP) is 4.73. The van der Waals surface area contributed by atoms with Crippen molar-refractivity contribution in [1.29, 1.82) is 0 Å². The highest BCUT2D eigenvalue weighted by Crippen LogP contribution is 2.48. The molecule has 2 bridgehead atoms. The van der Waals surface area contributed by atoms with E-state index in [1.54, 1.807) is 11.8 Å². The molecule has 0 unspecified atom stereocenters. The van der Waals surface area contributed by atoms with E-state index in [0.29, 0.717) is 17.1 Å². The molecule has 2 N–H and O–H groups in total. The van der Waals surface area contributed by atoms with Crippen molar-refractivity contribution in [2.24, 2.45) is 0 Å². The van der Waals surface area contributed by atoms with E-state index in [0.717, 1.165) is 0 Å². The first-order valence-electron chi connectivity index (χ1n) is 10.0. The van der Waals surface area contributed by atoms with Crippen molar-refractivity contribution in [2.45, 2.75) is 96.2 Å². The number of aliphatic hydroxyl groups is 1. The van der Waals surface area contributed by atoms with Gasteiger partial charge in [-0.1, -0.05) is 44.0 Å². The Labute approximate surface area is 184 Å². The first-order valence-corrected chi connectivity index (χ1v) is 13.7. The Morgan fingerprint density at radius 1 is 1.31 bits per heavy atom. The summed E-state index contributed by atoms with van der Waals surface area (Å²) in [4.78, 5) is 17.8. The number of hydrogen-bond donors (Lipinski definition) is 2. The van der Waals surface area contributed by atoms with Crippen LogP contribution in [0.5, 0.6) is 0 Å². The number of carbonyl (C=O) groups excluding carboxylic acids is 1. The molecule has 1 amide bonds. The van der Waals surface area contributed by atoms with E-state index >= 15 is 0 Å². The van der Waals surface area contributed by atoms with E-state index in [-0.39, 0.29) is 27.8 Å². The van der Waals surface area contributed by atoms with Crippen LogP contribution in [0.25, 0.3) is 0 Å². The molecule has 1 aromatic heterocycles. The molecule has 0 aliphatic carbocycles. The van der Waals surface area contributed by atoms with Gasteiger partial charge in [-0.15, -0.1) is 0 Å². The van der Waals surface area contributed by atoms with Crippen LogP contribution in [0.15, 0.2) is 0 Å². The molecule has 0 aromatic carbocycles. The summed E-state index contributed by atoms with van der Waals surface area (Å²) in [7, 11) is -2.16. The summed E-state index contributed by atoms with van der Waals surface area (Å²) < 4.78 is 12.8. The Hall–Kier alpha value is -0.573. The molecular weight excluding hydrogens is 431 g/mol. The Bertz CT molecular complexity index is 822. The third-order valence-electron chi connectivity index (χ3n) is 6.97. The lowest BCUT2D eigenvalue weighted by atomic mass is 9.85. The summed E-state index contributed by atoms with van der Waals surface area (Å²) in [6, 6.07) is -0.502. The van der Waals surface area contributed by atoms with Crippen molar-refractivity contribution < 1.29 is 19.1 Å². The summed E-state index contributed by atoms with van der Waals surface area (Å²) in [5.41, 5.74) is -0.358. The summed E-state index contributed by atoms with van der Waals surface area (Å²) in [6.07, 6.45) is -1.11.